The highest BCUT2D eigenvalue weighted by Gasteiger charge is 2.26. The zero-order chi connectivity index (χ0) is 14.9. The van der Waals surface area contributed by atoms with Gasteiger partial charge in [-0.1, -0.05) is 0 Å². The van der Waals surface area contributed by atoms with E-state index in [0.717, 1.165) is 38.9 Å². The Bertz CT molecular complexity index is 679. The largest absolute Gasteiger partial charge is 0.331 e. The fraction of sp³-hybridized carbons (Fsp3) is 0.533. The SMILES string of the molecule is Cl.O=C(c1ncn(C2CCCNC2)n1)N1CCc2sccc2C1. The molecule has 124 valence electrons. The molecule has 2 aliphatic heterocycles. The van der Waals surface area contributed by atoms with Crippen molar-refractivity contribution in [2.45, 2.75) is 31.8 Å². The van der Waals surface area contributed by atoms with Gasteiger partial charge in [0.2, 0.25) is 5.82 Å². The van der Waals surface area contributed by atoms with Crippen molar-refractivity contribution in [1.29, 1.82) is 0 Å². The van der Waals surface area contributed by atoms with Gasteiger partial charge in [0.1, 0.15) is 6.33 Å². The molecule has 0 bridgehead atoms. The number of aromatic nitrogens is 3. The second-order valence-corrected chi connectivity index (χ2v) is 6.89. The van der Waals surface area contributed by atoms with Gasteiger partial charge in [-0.2, -0.15) is 0 Å². The Labute approximate surface area is 145 Å². The number of hydrogen-bond acceptors (Lipinski definition) is 5. The zero-order valence-corrected chi connectivity index (χ0v) is 14.4. The molecule has 1 amide bonds. The summed E-state index contributed by atoms with van der Waals surface area (Å²) in [6.07, 6.45) is 4.86. The summed E-state index contributed by atoms with van der Waals surface area (Å²) in [5.74, 6) is 0.267. The summed E-state index contributed by atoms with van der Waals surface area (Å²) in [5.41, 5.74) is 1.26. The molecule has 0 spiro atoms. The van der Waals surface area contributed by atoms with Crippen LogP contribution in [0, 0.1) is 0 Å². The van der Waals surface area contributed by atoms with Crippen molar-refractivity contribution in [2.24, 2.45) is 0 Å². The summed E-state index contributed by atoms with van der Waals surface area (Å²) >= 11 is 1.78. The van der Waals surface area contributed by atoms with Crippen LogP contribution in [0.3, 0.4) is 0 Å². The van der Waals surface area contributed by atoms with Gasteiger partial charge in [-0.25, -0.2) is 9.67 Å². The molecule has 1 N–H and O–H groups in total. The molecule has 0 radical (unpaired) electrons. The van der Waals surface area contributed by atoms with Crippen LogP contribution in [0.2, 0.25) is 0 Å². The molecule has 0 aliphatic carbocycles. The average Bonchev–Trinajstić information content (AvgIpc) is 3.23. The summed E-state index contributed by atoms with van der Waals surface area (Å²) in [6, 6.07) is 2.42. The molecule has 4 heterocycles. The van der Waals surface area contributed by atoms with Crippen molar-refractivity contribution in [3.05, 3.63) is 34.0 Å². The van der Waals surface area contributed by atoms with E-state index in [1.165, 1.54) is 10.4 Å². The maximum Gasteiger partial charge on any atom is 0.293 e. The molecule has 1 fully saturated rings. The minimum absolute atomic E-state index is 0. The van der Waals surface area contributed by atoms with E-state index in [1.807, 2.05) is 9.58 Å². The number of hydrogen-bond donors (Lipinski definition) is 1. The van der Waals surface area contributed by atoms with E-state index in [4.69, 9.17) is 0 Å². The molecule has 0 saturated carbocycles. The highest BCUT2D eigenvalue weighted by molar-refractivity contribution is 7.10. The van der Waals surface area contributed by atoms with Crippen LogP contribution in [-0.4, -0.2) is 45.2 Å². The topological polar surface area (TPSA) is 63.1 Å². The van der Waals surface area contributed by atoms with Gasteiger partial charge in [0, 0.05) is 24.5 Å². The van der Waals surface area contributed by atoms with Gasteiger partial charge in [-0.3, -0.25) is 4.79 Å². The first-order chi connectivity index (χ1) is 10.8. The lowest BCUT2D eigenvalue weighted by Gasteiger charge is -2.26. The minimum atomic E-state index is -0.0561. The van der Waals surface area contributed by atoms with E-state index in [0.29, 0.717) is 18.4 Å². The van der Waals surface area contributed by atoms with E-state index in [-0.39, 0.29) is 18.3 Å². The molecule has 1 atom stereocenters. The van der Waals surface area contributed by atoms with E-state index in [1.54, 1.807) is 17.7 Å². The summed E-state index contributed by atoms with van der Waals surface area (Å²) in [4.78, 5) is 20.1. The Hall–Kier alpha value is -1.44. The van der Waals surface area contributed by atoms with Gasteiger partial charge < -0.3 is 10.2 Å². The van der Waals surface area contributed by atoms with E-state index in [9.17, 15) is 4.79 Å². The van der Waals surface area contributed by atoms with Gasteiger partial charge in [-0.05, 0) is 42.8 Å². The molecule has 2 aromatic heterocycles. The van der Waals surface area contributed by atoms with Crippen molar-refractivity contribution in [3.8, 4) is 0 Å². The van der Waals surface area contributed by atoms with E-state index < -0.39 is 0 Å². The Morgan fingerprint density at radius 1 is 1.43 bits per heavy atom. The molecule has 2 aromatic rings. The van der Waals surface area contributed by atoms with Gasteiger partial charge in [0.25, 0.3) is 5.91 Å². The first-order valence-corrected chi connectivity index (χ1v) is 8.65. The number of carbonyl (C=O) groups excluding carboxylic acids is 1. The normalized spacial score (nSPS) is 20.7. The molecule has 6 nitrogen and oxygen atoms in total. The summed E-state index contributed by atoms with van der Waals surface area (Å²) in [5, 5.41) is 9.89. The zero-order valence-electron chi connectivity index (χ0n) is 12.8. The van der Waals surface area contributed by atoms with Gasteiger partial charge in [0.15, 0.2) is 0 Å². The Morgan fingerprint density at radius 2 is 2.35 bits per heavy atom. The summed E-state index contributed by atoms with van der Waals surface area (Å²) in [6.45, 7) is 3.40. The number of thiophene rings is 1. The highest BCUT2D eigenvalue weighted by Crippen LogP contribution is 2.24. The number of nitrogens with one attached hydrogen (secondary N) is 1. The summed E-state index contributed by atoms with van der Waals surface area (Å²) < 4.78 is 1.85. The fourth-order valence-electron chi connectivity index (χ4n) is 3.17. The molecule has 4 rings (SSSR count). The predicted octanol–water partition coefficient (Wildman–Crippen LogP) is 1.88. The average molecular weight is 354 g/mol. The van der Waals surface area contributed by atoms with Crippen LogP contribution < -0.4 is 5.32 Å². The molecule has 0 aromatic carbocycles. The van der Waals surface area contributed by atoms with Crippen LogP contribution in [0.15, 0.2) is 17.8 Å². The second kappa shape index (κ2) is 6.98. The van der Waals surface area contributed by atoms with Crippen molar-refractivity contribution >= 4 is 29.7 Å². The Kier molecular flexibility index (Phi) is 4.99. The number of amides is 1. The second-order valence-electron chi connectivity index (χ2n) is 5.89. The monoisotopic (exact) mass is 353 g/mol. The number of nitrogens with zero attached hydrogens (tertiary/aromatic N) is 4. The molecule has 23 heavy (non-hydrogen) atoms. The third kappa shape index (κ3) is 3.27. The molecule has 1 saturated heterocycles. The molecule has 2 aliphatic rings. The van der Waals surface area contributed by atoms with Crippen LogP contribution in [0.4, 0.5) is 0 Å². The van der Waals surface area contributed by atoms with Crippen molar-refractivity contribution in [1.82, 2.24) is 25.0 Å². The van der Waals surface area contributed by atoms with Crippen LogP contribution >= 0.6 is 23.7 Å². The standard InChI is InChI=1S/C15H19N5OS.ClH/c21-15(19-6-3-13-11(9-19)4-7-22-13)14-17-10-20(18-14)12-2-1-5-16-8-12;/h4,7,10,12,16H,1-3,5-6,8-9H2;1H. The van der Waals surface area contributed by atoms with Gasteiger partial charge >= 0.3 is 0 Å². The lowest BCUT2D eigenvalue weighted by atomic mass is 10.1. The smallest absolute Gasteiger partial charge is 0.293 e. The third-order valence-electron chi connectivity index (χ3n) is 4.44. The van der Waals surface area contributed by atoms with Crippen molar-refractivity contribution in [2.75, 3.05) is 19.6 Å². The lowest BCUT2D eigenvalue weighted by molar-refractivity contribution is 0.0722. The molecular formula is C15H20ClN5OS. The van der Waals surface area contributed by atoms with Crippen LogP contribution in [0.25, 0.3) is 0 Å². The van der Waals surface area contributed by atoms with Crippen molar-refractivity contribution in [3.63, 3.8) is 0 Å². The first-order valence-electron chi connectivity index (χ1n) is 7.77. The minimum Gasteiger partial charge on any atom is -0.331 e. The first kappa shape index (κ1) is 16.4. The predicted molar refractivity (Wildman–Crippen MR) is 91.2 cm³/mol. The number of rotatable bonds is 2. The van der Waals surface area contributed by atoms with Crippen LogP contribution in [-0.2, 0) is 13.0 Å². The number of halogens is 1. The Balaban J connectivity index is 0.00000156. The molecule has 8 heteroatoms. The highest BCUT2D eigenvalue weighted by atomic mass is 35.5. The molecular weight excluding hydrogens is 334 g/mol. The number of carbonyl (C=O) groups is 1. The van der Waals surface area contributed by atoms with Crippen LogP contribution in [0.1, 0.15) is 39.9 Å². The maximum atomic E-state index is 12.6. The number of piperidine rings is 1. The molecule has 1 unspecified atom stereocenters. The van der Waals surface area contributed by atoms with E-state index >= 15 is 0 Å². The third-order valence-corrected chi connectivity index (χ3v) is 5.46. The number of fused-ring (bicyclic) bond motifs is 1. The van der Waals surface area contributed by atoms with Crippen molar-refractivity contribution < 1.29 is 4.79 Å². The maximum absolute atomic E-state index is 12.6. The van der Waals surface area contributed by atoms with Gasteiger partial charge in [0.05, 0.1) is 6.04 Å². The quantitative estimate of drug-likeness (QED) is 0.895. The van der Waals surface area contributed by atoms with E-state index in [2.05, 4.69) is 26.8 Å². The van der Waals surface area contributed by atoms with Gasteiger partial charge in [-0.15, -0.1) is 28.8 Å². The van der Waals surface area contributed by atoms with Crippen LogP contribution in [0.5, 0.6) is 0 Å². The fourth-order valence-corrected chi connectivity index (χ4v) is 4.06. The lowest BCUT2D eigenvalue weighted by Crippen LogP contribution is -2.36. The Morgan fingerprint density at radius 3 is 3.17 bits per heavy atom. The summed E-state index contributed by atoms with van der Waals surface area (Å²) in [7, 11) is 0.